The Balaban J connectivity index is 1.30. The quantitative estimate of drug-likeness (QED) is 0.380. The predicted octanol–water partition coefficient (Wildman–Crippen LogP) is 3.71. The van der Waals surface area contributed by atoms with E-state index in [-0.39, 0.29) is 18.9 Å². The molecule has 4 fully saturated rings. The van der Waals surface area contributed by atoms with Crippen molar-refractivity contribution >= 4 is 44.6 Å². The molecule has 14 nitrogen and oxygen atoms in total. The minimum Gasteiger partial charge on any atom is -0.497 e. The fourth-order valence-electron chi connectivity index (χ4n) is 7.21. The van der Waals surface area contributed by atoms with Gasteiger partial charge in [0.25, 0.3) is 5.91 Å². The van der Waals surface area contributed by atoms with Gasteiger partial charge in [-0.25, -0.2) is 18.2 Å². The van der Waals surface area contributed by atoms with E-state index in [0.29, 0.717) is 50.2 Å². The summed E-state index contributed by atoms with van der Waals surface area (Å²) in [5.74, 6) is -1.05. The number of aromatic nitrogens is 1. The third-order valence-corrected chi connectivity index (χ3v) is 12.0. The van der Waals surface area contributed by atoms with E-state index in [1.165, 1.54) is 4.90 Å². The Labute approximate surface area is 298 Å². The number of ether oxygens (including phenoxy) is 3. The van der Waals surface area contributed by atoms with Crippen molar-refractivity contribution in [2.75, 3.05) is 13.7 Å². The molecule has 2 saturated heterocycles. The first kappa shape index (κ1) is 36.6. The number of rotatable bonds is 7. The van der Waals surface area contributed by atoms with Gasteiger partial charge in [0.1, 0.15) is 35.1 Å². The standard InChI is InChI=1S/C36H49N5O9S/c1-35(2,3)50-34(45)38-28-11-9-7-5-6-8-10-23-20-36(23,33(44)40-51(46,47)26-13-14-26)39-30(42)29-19-25(21-41(29)32(28)43)49-31-27-15-12-24(48-4)18-22(27)16-17-37-31/h12,15-18,23,25-26,28-29H,5-11,13-14,19-21H2,1-4H3,(H,38,45)(H,39,42)(H,40,44)/t23-,25-,28+,29+,36-/m1/s1. The van der Waals surface area contributed by atoms with Crippen molar-refractivity contribution < 1.29 is 41.8 Å². The second kappa shape index (κ2) is 14.5. The number of amides is 4. The van der Waals surface area contributed by atoms with E-state index in [1.807, 2.05) is 18.2 Å². The van der Waals surface area contributed by atoms with Gasteiger partial charge in [-0.15, -0.1) is 0 Å². The Kier molecular flexibility index (Phi) is 10.4. The lowest BCUT2D eigenvalue weighted by atomic mass is 10.0. The predicted molar refractivity (Wildman–Crippen MR) is 187 cm³/mol. The average molecular weight is 728 g/mol. The topological polar surface area (TPSA) is 182 Å². The fraction of sp³-hybridized carbons (Fsp3) is 0.639. The molecule has 2 aliphatic heterocycles. The summed E-state index contributed by atoms with van der Waals surface area (Å²) < 4.78 is 45.1. The van der Waals surface area contributed by atoms with Gasteiger partial charge in [-0.2, -0.15) is 0 Å². The number of pyridine rings is 1. The van der Waals surface area contributed by atoms with Crippen LogP contribution in [0.1, 0.15) is 91.4 Å². The van der Waals surface area contributed by atoms with Crippen LogP contribution in [0.4, 0.5) is 4.79 Å². The van der Waals surface area contributed by atoms with E-state index in [2.05, 4.69) is 20.3 Å². The third-order valence-electron chi connectivity index (χ3n) is 10.2. The van der Waals surface area contributed by atoms with Crippen molar-refractivity contribution in [3.05, 3.63) is 30.5 Å². The van der Waals surface area contributed by atoms with Crippen LogP contribution >= 0.6 is 0 Å². The normalized spacial score (nSPS) is 27.6. The summed E-state index contributed by atoms with van der Waals surface area (Å²) in [4.78, 5) is 61.2. The smallest absolute Gasteiger partial charge is 0.408 e. The maximum Gasteiger partial charge on any atom is 0.408 e. The zero-order valence-electron chi connectivity index (χ0n) is 29.7. The summed E-state index contributed by atoms with van der Waals surface area (Å²) in [6, 6.07) is 5.25. The number of benzene rings is 1. The summed E-state index contributed by atoms with van der Waals surface area (Å²) in [5, 5.41) is 6.61. The van der Waals surface area contributed by atoms with Crippen LogP contribution in [-0.4, -0.2) is 90.3 Å². The molecule has 0 unspecified atom stereocenters. The molecular formula is C36H49N5O9S. The lowest BCUT2D eigenvalue weighted by Gasteiger charge is -2.30. The zero-order valence-corrected chi connectivity index (χ0v) is 30.6. The fourth-order valence-corrected chi connectivity index (χ4v) is 8.57. The average Bonchev–Trinajstić information content (AvgIpc) is 3.99. The van der Waals surface area contributed by atoms with Gasteiger partial charge >= 0.3 is 6.09 Å². The number of nitrogens with one attached hydrogen (secondary N) is 3. The molecule has 2 aromatic rings. The lowest BCUT2D eigenvalue weighted by molar-refractivity contribution is -0.141. The summed E-state index contributed by atoms with van der Waals surface area (Å²) in [6.45, 7) is 5.21. The van der Waals surface area contributed by atoms with Gasteiger partial charge in [0.2, 0.25) is 27.7 Å². The number of alkyl carbamates (subject to hydrolysis) is 1. The number of hydrogen-bond donors (Lipinski definition) is 3. The molecule has 15 heteroatoms. The summed E-state index contributed by atoms with van der Waals surface area (Å²) in [5.41, 5.74) is -2.20. The van der Waals surface area contributed by atoms with Gasteiger partial charge in [-0.1, -0.05) is 32.1 Å². The largest absolute Gasteiger partial charge is 0.497 e. The van der Waals surface area contributed by atoms with E-state index >= 15 is 0 Å². The van der Waals surface area contributed by atoms with Gasteiger partial charge in [0, 0.05) is 18.0 Å². The molecule has 2 saturated carbocycles. The number of hydrogen-bond acceptors (Lipinski definition) is 10. The monoisotopic (exact) mass is 727 g/mol. The van der Waals surface area contributed by atoms with Crippen LogP contribution in [0.2, 0.25) is 0 Å². The van der Waals surface area contributed by atoms with Crippen molar-refractivity contribution in [3.63, 3.8) is 0 Å². The lowest BCUT2D eigenvalue weighted by Crippen LogP contribution is -2.58. The van der Waals surface area contributed by atoms with Gasteiger partial charge in [-0.05, 0) is 88.4 Å². The molecule has 1 aromatic heterocycles. The molecule has 3 heterocycles. The number of nitrogens with zero attached hydrogens (tertiary/aromatic N) is 2. The van der Waals surface area contributed by atoms with Gasteiger partial charge in [-0.3, -0.25) is 19.1 Å². The minimum absolute atomic E-state index is 0.0102. The van der Waals surface area contributed by atoms with Crippen LogP contribution in [0, 0.1) is 5.92 Å². The maximum atomic E-state index is 14.4. The molecule has 6 rings (SSSR count). The Bertz CT molecular complexity index is 1780. The van der Waals surface area contributed by atoms with Crippen molar-refractivity contribution in [2.24, 2.45) is 5.92 Å². The highest BCUT2D eigenvalue weighted by Gasteiger charge is 2.62. The first-order valence-electron chi connectivity index (χ1n) is 18.0. The van der Waals surface area contributed by atoms with E-state index in [0.717, 1.165) is 36.5 Å². The molecule has 278 valence electrons. The maximum absolute atomic E-state index is 14.4. The summed E-state index contributed by atoms with van der Waals surface area (Å²) >= 11 is 0. The number of sulfonamides is 1. The van der Waals surface area contributed by atoms with Crippen molar-refractivity contribution in [3.8, 4) is 11.6 Å². The Morgan fingerprint density at radius 1 is 1.02 bits per heavy atom. The van der Waals surface area contributed by atoms with Crippen molar-refractivity contribution in [1.29, 1.82) is 0 Å². The molecule has 0 bridgehead atoms. The molecule has 0 radical (unpaired) electrons. The van der Waals surface area contributed by atoms with Crippen LogP contribution in [-0.2, 0) is 29.1 Å². The number of carbonyl (C=O) groups excluding carboxylic acids is 4. The van der Waals surface area contributed by atoms with Gasteiger partial charge in [0.05, 0.1) is 18.9 Å². The van der Waals surface area contributed by atoms with E-state index in [1.54, 1.807) is 40.1 Å². The second-order valence-electron chi connectivity index (χ2n) is 15.3. The number of carbonyl (C=O) groups is 4. The van der Waals surface area contributed by atoms with E-state index in [9.17, 15) is 27.6 Å². The van der Waals surface area contributed by atoms with Gasteiger partial charge < -0.3 is 29.7 Å². The highest BCUT2D eigenvalue weighted by Crippen LogP contribution is 2.48. The first-order chi connectivity index (χ1) is 24.2. The molecule has 2 aliphatic carbocycles. The van der Waals surface area contributed by atoms with E-state index < -0.39 is 68.4 Å². The van der Waals surface area contributed by atoms with Crippen molar-refractivity contribution in [2.45, 2.75) is 126 Å². The molecule has 4 amide bonds. The van der Waals surface area contributed by atoms with Gasteiger partial charge in [0.15, 0.2) is 0 Å². The molecule has 51 heavy (non-hydrogen) atoms. The first-order valence-corrected chi connectivity index (χ1v) is 19.5. The van der Waals surface area contributed by atoms with Crippen LogP contribution < -0.4 is 24.8 Å². The van der Waals surface area contributed by atoms with Crippen LogP contribution in [0.3, 0.4) is 0 Å². The zero-order chi connectivity index (χ0) is 36.6. The van der Waals surface area contributed by atoms with Crippen LogP contribution in [0.5, 0.6) is 11.6 Å². The number of fused-ring (bicyclic) bond motifs is 3. The summed E-state index contributed by atoms with van der Waals surface area (Å²) in [7, 11) is -2.28. The highest BCUT2D eigenvalue weighted by molar-refractivity contribution is 7.91. The Hall–Kier alpha value is -4.14. The van der Waals surface area contributed by atoms with Crippen molar-refractivity contribution in [1.82, 2.24) is 25.2 Å². The van der Waals surface area contributed by atoms with Crippen LogP contribution in [0.15, 0.2) is 30.5 Å². The minimum atomic E-state index is -3.86. The molecule has 4 aliphatic rings. The SMILES string of the molecule is COc1ccc2c(O[C@@H]3C[C@H]4C(=O)N[C@]5(C(=O)NS(=O)(=O)C6CC6)C[C@H]5CCCCCCC[C@H](NC(=O)OC(C)(C)C)C(=O)N4C3)nccc2c1. The van der Waals surface area contributed by atoms with E-state index in [4.69, 9.17) is 14.2 Å². The molecular weight excluding hydrogens is 678 g/mol. The Morgan fingerprint density at radius 2 is 1.75 bits per heavy atom. The second-order valence-corrected chi connectivity index (χ2v) is 17.2. The third kappa shape index (κ3) is 8.50. The Morgan fingerprint density at radius 3 is 2.45 bits per heavy atom. The molecule has 5 atom stereocenters. The number of methoxy groups -OCH3 is 1. The molecule has 1 aromatic carbocycles. The highest BCUT2D eigenvalue weighted by atomic mass is 32.2. The van der Waals surface area contributed by atoms with Crippen LogP contribution in [0.25, 0.3) is 10.8 Å². The molecule has 3 N–H and O–H groups in total. The molecule has 0 spiro atoms. The summed E-state index contributed by atoms with van der Waals surface area (Å²) in [6.07, 6.45) is 6.60.